The average molecular weight is 760 g/mol. The van der Waals surface area contributed by atoms with E-state index in [9.17, 15) is 0 Å². The fourth-order valence-corrected chi connectivity index (χ4v) is 12.6. The Bertz CT molecular complexity index is 2500. The van der Waals surface area contributed by atoms with Gasteiger partial charge < -0.3 is 15.1 Å². The van der Waals surface area contributed by atoms with Gasteiger partial charge in [-0.2, -0.15) is 0 Å². The van der Waals surface area contributed by atoms with Gasteiger partial charge in [-0.05, 0) is 133 Å². The number of hydrogen-bond acceptors (Lipinski definition) is 4. The Kier molecular flexibility index (Phi) is 8.17. The molecule has 282 valence electrons. The average Bonchev–Trinajstić information content (AvgIpc) is 3.94. The summed E-state index contributed by atoms with van der Waals surface area (Å²) in [5.41, 5.74) is 17.3. The molecule has 10 aliphatic rings. The fourth-order valence-electron chi connectivity index (χ4n) is 11.3. The van der Waals surface area contributed by atoms with Crippen LogP contribution in [0.4, 0.5) is 5.69 Å². The van der Waals surface area contributed by atoms with Crippen molar-refractivity contribution in [3.05, 3.63) is 208 Å². The van der Waals surface area contributed by atoms with Gasteiger partial charge in [-0.15, -0.1) is 11.8 Å². The summed E-state index contributed by atoms with van der Waals surface area (Å²) in [5.74, 6) is 2.39. The standard InChI is InChI=1S/C53H49N3S/c1-3-13-34(14-4-1)38-31-46(35-15-5-2-6-16-35)54-53(32-38)56-48-21-11-8-18-41(48)44-30-37(24-27-50(44)56)36-23-26-49-43(29-36)40-17-7-10-20-47(40)55(49)39-25-28-52-45(33-39)42-19-9-12-22-51(42)57-52/h2,5-10,12-13,15,17-20,22-27,29,31-33,35,43-44,46,49,52,54H,1,3-4,11,14,16,21,28,30H2. The summed E-state index contributed by atoms with van der Waals surface area (Å²) in [6.07, 6.45) is 49.4. The molecule has 0 bridgehead atoms. The predicted octanol–water partition coefficient (Wildman–Crippen LogP) is 12.4. The normalized spacial score (nSPS) is 30.3. The Balaban J connectivity index is 0.874. The van der Waals surface area contributed by atoms with Gasteiger partial charge in [0.05, 0.1) is 12.1 Å². The first-order chi connectivity index (χ1) is 28.2. The van der Waals surface area contributed by atoms with Crippen LogP contribution in [0.5, 0.6) is 0 Å². The van der Waals surface area contributed by atoms with E-state index in [0.717, 1.165) is 32.1 Å². The third-order valence-electron chi connectivity index (χ3n) is 14.0. The molecule has 6 unspecified atom stereocenters. The molecule has 3 nitrogen and oxygen atoms in total. The number of nitrogens with zero attached hydrogens (tertiary/aromatic N) is 2. The number of dihydropyridines is 1. The van der Waals surface area contributed by atoms with Crippen molar-refractivity contribution in [2.45, 2.75) is 85.9 Å². The van der Waals surface area contributed by atoms with Crippen molar-refractivity contribution in [2.24, 2.45) is 11.8 Å². The second-order valence-corrected chi connectivity index (χ2v) is 18.5. The second kappa shape index (κ2) is 13.7. The highest BCUT2D eigenvalue weighted by Crippen LogP contribution is 2.54. The van der Waals surface area contributed by atoms with E-state index in [0.29, 0.717) is 23.0 Å². The molecular weight excluding hydrogens is 711 g/mol. The lowest BCUT2D eigenvalue weighted by molar-refractivity contribution is 0.401. The predicted molar refractivity (Wildman–Crippen MR) is 237 cm³/mol. The van der Waals surface area contributed by atoms with Gasteiger partial charge in [0.25, 0.3) is 0 Å². The zero-order valence-electron chi connectivity index (χ0n) is 32.5. The number of hydrogen-bond donors (Lipinski definition) is 1. The van der Waals surface area contributed by atoms with Gasteiger partial charge in [0, 0.05) is 50.7 Å². The van der Waals surface area contributed by atoms with Gasteiger partial charge in [0.1, 0.15) is 5.82 Å². The molecule has 2 aromatic carbocycles. The largest absolute Gasteiger partial charge is 0.364 e. The zero-order valence-corrected chi connectivity index (χ0v) is 33.3. The first-order valence-corrected chi connectivity index (χ1v) is 22.4. The molecule has 6 atom stereocenters. The number of nitrogens with one attached hydrogen (secondary N) is 1. The Morgan fingerprint density at radius 3 is 2.65 bits per heavy atom. The second-order valence-electron chi connectivity index (χ2n) is 17.2. The first kappa shape index (κ1) is 33.9. The van der Waals surface area contributed by atoms with E-state index < -0.39 is 0 Å². The fraction of sp³-hybridized carbons (Fsp3) is 0.283. The van der Waals surface area contributed by atoms with Crippen molar-refractivity contribution in [3.63, 3.8) is 0 Å². The van der Waals surface area contributed by atoms with Crippen LogP contribution < -0.4 is 10.2 Å². The summed E-state index contributed by atoms with van der Waals surface area (Å²) >= 11 is 2.03. The topological polar surface area (TPSA) is 18.5 Å². The summed E-state index contributed by atoms with van der Waals surface area (Å²) < 4.78 is 0. The molecule has 0 fully saturated rings. The number of anilines is 1. The van der Waals surface area contributed by atoms with Crippen LogP contribution in [0.2, 0.25) is 0 Å². The van der Waals surface area contributed by atoms with E-state index >= 15 is 0 Å². The molecule has 6 aliphatic carbocycles. The third kappa shape index (κ3) is 5.62. The molecular formula is C53H49N3S. The van der Waals surface area contributed by atoms with E-state index in [1.165, 1.54) is 98.2 Å². The van der Waals surface area contributed by atoms with Crippen molar-refractivity contribution < 1.29 is 0 Å². The van der Waals surface area contributed by atoms with Gasteiger partial charge >= 0.3 is 0 Å². The summed E-state index contributed by atoms with van der Waals surface area (Å²) in [6.45, 7) is 0. The Hall–Kier alpha value is -5.19. The molecule has 4 heteroatoms. The number of fused-ring (bicyclic) bond motifs is 8. The highest BCUT2D eigenvalue weighted by atomic mass is 32.2. The number of allylic oxidation sites excluding steroid dienone is 18. The Morgan fingerprint density at radius 1 is 0.772 bits per heavy atom. The number of rotatable bonds is 5. The van der Waals surface area contributed by atoms with Crippen molar-refractivity contribution >= 4 is 23.0 Å². The van der Waals surface area contributed by atoms with E-state index in [4.69, 9.17) is 0 Å². The lowest BCUT2D eigenvalue weighted by Gasteiger charge is -2.37. The van der Waals surface area contributed by atoms with Crippen molar-refractivity contribution in [2.75, 3.05) is 4.90 Å². The molecule has 0 amide bonds. The van der Waals surface area contributed by atoms with Crippen LogP contribution in [0.1, 0.15) is 74.8 Å². The molecule has 0 saturated heterocycles. The lowest BCUT2D eigenvalue weighted by Crippen LogP contribution is -2.41. The number of thioether (sulfide) groups is 1. The van der Waals surface area contributed by atoms with E-state index in [-0.39, 0.29) is 12.1 Å². The minimum Gasteiger partial charge on any atom is -0.364 e. The lowest BCUT2D eigenvalue weighted by atomic mass is 9.79. The molecule has 0 radical (unpaired) electrons. The first-order valence-electron chi connectivity index (χ1n) is 21.5. The quantitative estimate of drug-likeness (QED) is 0.327. The maximum Gasteiger partial charge on any atom is 0.111 e. The molecule has 0 aromatic heterocycles. The van der Waals surface area contributed by atoms with Crippen LogP contribution in [-0.2, 0) is 0 Å². The van der Waals surface area contributed by atoms with Crippen LogP contribution in [0, 0.1) is 11.8 Å². The van der Waals surface area contributed by atoms with Gasteiger partial charge in [-0.3, -0.25) is 0 Å². The third-order valence-corrected chi connectivity index (χ3v) is 15.4. The van der Waals surface area contributed by atoms with Crippen LogP contribution in [0.3, 0.4) is 0 Å². The maximum atomic E-state index is 4.10. The Morgan fingerprint density at radius 2 is 1.72 bits per heavy atom. The molecule has 12 rings (SSSR count). The van der Waals surface area contributed by atoms with Gasteiger partial charge in [0.2, 0.25) is 0 Å². The van der Waals surface area contributed by atoms with Gasteiger partial charge in [-0.25, -0.2) is 0 Å². The van der Waals surface area contributed by atoms with Crippen molar-refractivity contribution in [3.8, 4) is 0 Å². The van der Waals surface area contributed by atoms with Crippen LogP contribution in [0.15, 0.2) is 201 Å². The summed E-state index contributed by atoms with van der Waals surface area (Å²) in [4.78, 5) is 6.70. The molecule has 1 N–H and O–H groups in total. The molecule has 57 heavy (non-hydrogen) atoms. The van der Waals surface area contributed by atoms with Crippen LogP contribution in [0.25, 0.3) is 5.57 Å². The number of para-hydroxylation sites is 1. The molecule has 2 aromatic rings. The summed E-state index contributed by atoms with van der Waals surface area (Å²) in [7, 11) is 0. The van der Waals surface area contributed by atoms with E-state index in [1.807, 2.05) is 11.8 Å². The molecule has 4 aliphatic heterocycles. The molecule has 4 heterocycles. The highest BCUT2D eigenvalue weighted by Gasteiger charge is 2.43. The Labute approximate surface area is 342 Å². The smallest absolute Gasteiger partial charge is 0.111 e. The molecule has 0 spiro atoms. The van der Waals surface area contributed by atoms with Gasteiger partial charge in [0.15, 0.2) is 0 Å². The monoisotopic (exact) mass is 759 g/mol. The van der Waals surface area contributed by atoms with Crippen molar-refractivity contribution in [1.29, 1.82) is 0 Å². The summed E-state index contributed by atoms with van der Waals surface area (Å²) in [6, 6.07) is 18.7. The van der Waals surface area contributed by atoms with Crippen LogP contribution in [-0.4, -0.2) is 22.2 Å². The van der Waals surface area contributed by atoms with Crippen molar-refractivity contribution in [1.82, 2.24) is 10.2 Å². The van der Waals surface area contributed by atoms with E-state index in [1.54, 1.807) is 5.57 Å². The van der Waals surface area contributed by atoms with Crippen LogP contribution >= 0.6 is 11.8 Å². The van der Waals surface area contributed by atoms with Gasteiger partial charge in [-0.1, -0.05) is 115 Å². The maximum absolute atomic E-state index is 4.10. The number of benzene rings is 2. The van der Waals surface area contributed by atoms with E-state index in [2.05, 4.69) is 161 Å². The SMILES string of the molecule is C1=CCC(C2C=C(C3=CCCCC3)C=C(N3C4=CC=C(C5=CC6c7ccccc7N(C7=CCC8Sc9ccccc9C8=C7)C6C=C5)CC4C4=C3CCC=C4)N2)C=C1. The molecule has 0 saturated carbocycles. The minimum atomic E-state index is 0.274. The minimum absolute atomic E-state index is 0.274. The highest BCUT2D eigenvalue weighted by molar-refractivity contribution is 8.00. The summed E-state index contributed by atoms with van der Waals surface area (Å²) in [5, 5.41) is 4.62. The zero-order chi connectivity index (χ0) is 37.5.